The Labute approximate surface area is 195 Å². The van der Waals surface area contributed by atoms with Gasteiger partial charge in [-0.05, 0) is 38.4 Å². The van der Waals surface area contributed by atoms with Crippen LogP contribution in [0.4, 0.5) is 5.69 Å². The average molecular weight is 473 g/mol. The Morgan fingerprint density at radius 2 is 1.71 bits per heavy atom. The molecule has 1 saturated carbocycles. The van der Waals surface area contributed by atoms with Gasteiger partial charge in [-0.1, -0.05) is 0 Å². The van der Waals surface area contributed by atoms with Gasteiger partial charge in [0.05, 0.1) is 17.3 Å². The largest absolute Gasteiger partial charge is 0.508 e. The number of primary amides is 1. The van der Waals surface area contributed by atoms with Crippen molar-refractivity contribution in [2.75, 3.05) is 33.1 Å². The van der Waals surface area contributed by atoms with Gasteiger partial charge in [-0.3, -0.25) is 19.3 Å². The highest BCUT2D eigenvalue weighted by Gasteiger charge is 2.64. The van der Waals surface area contributed by atoms with Gasteiger partial charge in [0.2, 0.25) is 5.78 Å². The van der Waals surface area contributed by atoms with E-state index in [0.29, 0.717) is 11.3 Å². The van der Waals surface area contributed by atoms with Crippen molar-refractivity contribution in [2.24, 2.45) is 17.6 Å². The second kappa shape index (κ2) is 7.47. The molecule has 0 aliphatic heterocycles. The summed E-state index contributed by atoms with van der Waals surface area (Å²) in [7, 11) is 6.41. The van der Waals surface area contributed by atoms with Crippen LogP contribution in [0.2, 0.25) is 0 Å². The number of phenols is 2. The molecule has 0 unspecified atom stereocenters. The number of ketones is 2. The molecule has 1 aromatic carbocycles. The zero-order valence-electron chi connectivity index (χ0n) is 19.2. The maximum Gasteiger partial charge on any atom is 0.255 e. The van der Waals surface area contributed by atoms with Crippen LogP contribution in [0.5, 0.6) is 11.5 Å². The molecule has 0 heterocycles. The molecule has 182 valence electrons. The van der Waals surface area contributed by atoms with Gasteiger partial charge in [-0.25, -0.2) is 0 Å². The van der Waals surface area contributed by atoms with Gasteiger partial charge >= 0.3 is 0 Å². The molecule has 1 fully saturated rings. The topological polar surface area (TPSA) is 185 Å². The molecule has 0 radical (unpaired) electrons. The van der Waals surface area contributed by atoms with Crippen LogP contribution in [0.25, 0.3) is 5.76 Å². The summed E-state index contributed by atoms with van der Waals surface area (Å²) in [6.45, 7) is 0. The van der Waals surface area contributed by atoms with E-state index < -0.39 is 63.8 Å². The Hall–Kier alpha value is -3.57. The van der Waals surface area contributed by atoms with Crippen LogP contribution in [0.1, 0.15) is 17.5 Å². The number of amides is 1. The Morgan fingerprint density at radius 3 is 2.24 bits per heavy atom. The van der Waals surface area contributed by atoms with E-state index in [1.165, 1.54) is 19.0 Å². The highest BCUT2D eigenvalue weighted by Crippen LogP contribution is 2.54. The Morgan fingerprint density at radius 1 is 1.09 bits per heavy atom. The maximum atomic E-state index is 13.7. The van der Waals surface area contributed by atoms with Gasteiger partial charge in [-0.15, -0.1) is 0 Å². The first kappa shape index (κ1) is 23.6. The minimum absolute atomic E-state index is 0.0188. The van der Waals surface area contributed by atoms with E-state index in [2.05, 4.69) is 0 Å². The number of hydrogen-bond donors (Lipinski definition) is 6. The number of aromatic hydroxyl groups is 2. The highest BCUT2D eigenvalue weighted by atomic mass is 16.3. The number of rotatable bonds is 3. The summed E-state index contributed by atoms with van der Waals surface area (Å²) in [4.78, 5) is 41.8. The zero-order valence-corrected chi connectivity index (χ0v) is 19.2. The molecular formula is C23H27N3O8. The van der Waals surface area contributed by atoms with Crippen molar-refractivity contribution < 1.29 is 39.9 Å². The fourth-order valence-electron chi connectivity index (χ4n) is 5.79. The third kappa shape index (κ3) is 2.86. The van der Waals surface area contributed by atoms with Crippen molar-refractivity contribution in [1.29, 1.82) is 0 Å². The lowest BCUT2D eigenvalue weighted by atomic mass is 9.57. The molecule has 3 aliphatic rings. The number of likely N-dealkylation sites (N-methyl/N-ethyl adjacent to an activating group) is 1. The van der Waals surface area contributed by atoms with Gasteiger partial charge in [0.1, 0.15) is 28.6 Å². The molecule has 11 nitrogen and oxygen atoms in total. The third-order valence-corrected chi connectivity index (χ3v) is 7.12. The second-order valence-corrected chi connectivity index (χ2v) is 9.47. The van der Waals surface area contributed by atoms with Crippen molar-refractivity contribution in [2.45, 2.75) is 24.5 Å². The monoisotopic (exact) mass is 473 g/mol. The second-order valence-electron chi connectivity index (χ2n) is 9.47. The summed E-state index contributed by atoms with van der Waals surface area (Å²) >= 11 is 0. The predicted molar refractivity (Wildman–Crippen MR) is 120 cm³/mol. The van der Waals surface area contributed by atoms with E-state index in [4.69, 9.17) is 5.73 Å². The molecule has 1 aromatic rings. The predicted octanol–water partition coefficient (Wildman–Crippen LogP) is -0.264. The van der Waals surface area contributed by atoms with Crippen LogP contribution in [-0.4, -0.2) is 87.7 Å². The van der Waals surface area contributed by atoms with Gasteiger partial charge in [0.15, 0.2) is 11.4 Å². The summed E-state index contributed by atoms with van der Waals surface area (Å²) in [5.41, 5.74) is 2.19. The van der Waals surface area contributed by atoms with E-state index in [-0.39, 0.29) is 29.7 Å². The molecule has 0 aromatic heterocycles. The number of aliphatic hydroxyl groups excluding tert-OH is 2. The first-order valence-electron chi connectivity index (χ1n) is 10.6. The van der Waals surface area contributed by atoms with Gasteiger partial charge in [0, 0.05) is 31.7 Å². The number of Topliss-reactive ketones (excluding diaryl/α,β-unsaturated/α-hetero) is 2. The Kier molecular flexibility index (Phi) is 5.18. The molecular weight excluding hydrogens is 446 g/mol. The number of carbonyl (C=O) groups is 3. The molecule has 1 amide bonds. The zero-order chi connectivity index (χ0) is 25.4. The minimum Gasteiger partial charge on any atom is -0.508 e. The Bertz CT molecular complexity index is 1220. The van der Waals surface area contributed by atoms with E-state index in [0.717, 1.165) is 6.07 Å². The van der Waals surface area contributed by atoms with Crippen LogP contribution in [0.3, 0.4) is 0 Å². The fraction of sp³-hybridized carbons (Fsp3) is 0.435. The lowest BCUT2D eigenvalue weighted by Gasteiger charge is -2.50. The molecule has 7 N–H and O–H groups in total. The first-order valence-corrected chi connectivity index (χ1v) is 10.6. The van der Waals surface area contributed by atoms with Crippen LogP contribution in [-0.2, 0) is 20.8 Å². The van der Waals surface area contributed by atoms with Crippen LogP contribution in [0, 0.1) is 11.8 Å². The van der Waals surface area contributed by atoms with E-state index in [1.807, 2.05) is 0 Å². The quantitative estimate of drug-likeness (QED) is 0.319. The number of benzene rings is 1. The number of nitrogens with two attached hydrogens (primary N) is 1. The third-order valence-electron chi connectivity index (χ3n) is 7.12. The molecule has 11 heteroatoms. The summed E-state index contributed by atoms with van der Waals surface area (Å²) in [5, 5.41) is 54.3. The minimum atomic E-state index is -2.68. The van der Waals surface area contributed by atoms with Gasteiger partial charge in [-0.2, -0.15) is 0 Å². The van der Waals surface area contributed by atoms with Crippen molar-refractivity contribution in [3.05, 3.63) is 34.1 Å². The number of hydrogen-bond acceptors (Lipinski definition) is 10. The summed E-state index contributed by atoms with van der Waals surface area (Å²) < 4.78 is 0. The number of anilines is 1. The summed E-state index contributed by atoms with van der Waals surface area (Å²) in [6.07, 6.45) is 0.0824. The molecule has 0 bridgehead atoms. The van der Waals surface area contributed by atoms with Crippen LogP contribution >= 0.6 is 0 Å². The number of carbonyl (C=O) groups excluding carboxylic acids is 3. The van der Waals surface area contributed by atoms with E-state index in [1.54, 1.807) is 19.0 Å². The number of phenolic OH excluding ortho intramolecular Hbond substituents is 2. The molecule has 3 aliphatic carbocycles. The Balaban J connectivity index is 2.01. The van der Waals surface area contributed by atoms with Crippen LogP contribution in [0.15, 0.2) is 23.0 Å². The van der Waals surface area contributed by atoms with Crippen molar-refractivity contribution in [1.82, 2.24) is 4.90 Å². The highest BCUT2D eigenvalue weighted by molar-refractivity contribution is 6.24. The fourth-order valence-corrected chi connectivity index (χ4v) is 5.79. The van der Waals surface area contributed by atoms with E-state index >= 15 is 0 Å². The van der Waals surface area contributed by atoms with E-state index in [9.17, 15) is 39.9 Å². The molecule has 34 heavy (non-hydrogen) atoms. The maximum absolute atomic E-state index is 13.7. The van der Waals surface area contributed by atoms with Gasteiger partial charge in [0.25, 0.3) is 5.91 Å². The van der Waals surface area contributed by atoms with Crippen molar-refractivity contribution in [3.8, 4) is 11.5 Å². The summed E-state index contributed by atoms with van der Waals surface area (Å²) in [5.74, 6) is -7.45. The standard InChI is InChI=1S/C23H27N3O8/c1-25(2)16-9-5-8-6-10-17(26(3)4)19(30)15(22(24)33)21(32)23(10,34)20(31)13(8)18(29)14(9)11(27)7-12(16)28/h7-8,10,17,27-29,32,34H,5-6H2,1-4H3,(H2,24,33)/t8-,10-,17-,23-/m0/s1. The normalized spacial score (nSPS) is 28.6. The number of nitrogens with zero attached hydrogens (tertiary/aromatic N) is 2. The molecule has 4 atom stereocenters. The molecule has 0 spiro atoms. The smallest absolute Gasteiger partial charge is 0.255 e. The van der Waals surface area contributed by atoms with Crippen LogP contribution < -0.4 is 10.6 Å². The average Bonchev–Trinajstić information content (AvgIpc) is 2.69. The molecule has 0 saturated heterocycles. The van der Waals surface area contributed by atoms with Gasteiger partial charge < -0.3 is 36.2 Å². The van der Waals surface area contributed by atoms with Crippen molar-refractivity contribution in [3.63, 3.8) is 0 Å². The lowest BCUT2D eigenvalue weighted by Crippen LogP contribution is -2.65. The number of aliphatic hydroxyl groups is 3. The first-order chi connectivity index (χ1) is 15.7. The SMILES string of the molecule is CN(C)c1c(O)cc(O)c2c1C[C@H]1C[C@H]3[C@H](N(C)C)C(=O)C(C(N)=O)=C(O)[C@@]3(O)C(=O)C1=C2O. The number of fused-ring (bicyclic) bond motifs is 3. The summed E-state index contributed by atoms with van der Waals surface area (Å²) in [6, 6.07) is -0.108. The molecule has 4 rings (SSSR count). The van der Waals surface area contributed by atoms with Crippen molar-refractivity contribution >= 4 is 28.9 Å². The lowest BCUT2D eigenvalue weighted by molar-refractivity contribution is -0.153.